The first-order chi connectivity index (χ1) is 10.7. The van der Waals surface area contributed by atoms with Crippen LogP contribution in [0.15, 0.2) is 41.8 Å². The lowest BCUT2D eigenvalue weighted by molar-refractivity contribution is 0.0638. The van der Waals surface area contributed by atoms with Gasteiger partial charge in [-0.2, -0.15) is 0 Å². The Morgan fingerprint density at radius 1 is 1.32 bits per heavy atom. The molecule has 0 bridgehead atoms. The minimum absolute atomic E-state index is 0.162. The zero-order valence-corrected chi connectivity index (χ0v) is 13.6. The Labute approximate surface area is 135 Å². The van der Waals surface area contributed by atoms with Gasteiger partial charge >= 0.3 is 0 Å². The summed E-state index contributed by atoms with van der Waals surface area (Å²) in [6, 6.07) is 12.0. The highest BCUT2D eigenvalue weighted by Crippen LogP contribution is 2.22. The van der Waals surface area contributed by atoms with Crippen molar-refractivity contribution in [3.8, 4) is 5.75 Å². The van der Waals surface area contributed by atoms with Crippen molar-refractivity contribution in [2.24, 2.45) is 5.92 Å². The van der Waals surface area contributed by atoms with E-state index in [0.29, 0.717) is 12.5 Å². The van der Waals surface area contributed by atoms with Crippen LogP contribution in [0.3, 0.4) is 0 Å². The average molecular weight is 315 g/mol. The van der Waals surface area contributed by atoms with Crippen LogP contribution in [0.25, 0.3) is 0 Å². The van der Waals surface area contributed by atoms with Crippen LogP contribution in [0.4, 0.5) is 0 Å². The van der Waals surface area contributed by atoms with Crippen molar-refractivity contribution in [1.82, 2.24) is 4.90 Å². The lowest BCUT2D eigenvalue weighted by Crippen LogP contribution is -2.41. The number of piperidine rings is 1. The number of carbonyl (C=O) groups is 1. The number of nitrogens with zero attached hydrogens (tertiary/aromatic N) is 1. The normalized spacial score (nSPS) is 18.2. The fourth-order valence-electron chi connectivity index (χ4n) is 2.79. The van der Waals surface area contributed by atoms with Gasteiger partial charge < -0.3 is 9.64 Å². The molecule has 1 saturated heterocycles. The number of benzene rings is 1. The summed E-state index contributed by atoms with van der Waals surface area (Å²) >= 11 is 1.52. The molecule has 1 atom stereocenters. The minimum atomic E-state index is 0.162. The molecule has 0 radical (unpaired) electrons. The summed E-state index contributed by atoms with van der Waals surface area (Å²) in [6.07, 6.45) is 2.18. The second kappa shape index (κ2) is 6.97. The molecule has 1 amide bonds. The Kier molecular flexibility index (Phi) is 4.78. The fourth-order valence-corrected chi connectivity index (χ4v) is 3.48. The molecule has 0 saturated carbocycles. The zero-order chi connectivity index (χ0) is 15.4. The summed E-state index contributed by atoms with van der Waals surface area (Å²) in [5.74, 6) is 1.49. The van der Waals surface area contributed by atoms with Gasteiger partial charge in [-0.3, -0.25) is 4.79 Å². The maximum atomic E-state index is 12.4. The number of thiophene rings is 1. The molecular weight excluding hydrogens is 294 g/mol. The van der Waals surface area contributed by atoms with Crippen LogP contribution in [0, 0.1) is 12.8 Å². The van der Waals surface area contributed by atoms with Crippen molar-refractivity contribution in [2.45, 2.75) is 19.8 Å². The average Bonchev–Trinajstić information content (AvgIpc) is 3.08. The first-order valence-electron chi connectivity index (χ1n) is 7.74. The molecule has 0 aliphatic carbocycles. The maximum absolute atomic E-state index is 12.4. The molecular formula is C18H21NO2S. The molecule has 0 spiro atoms. The van der Waals surface area contributed by atoms with Crippen molar-refractivity contribution in [3.63, 3.8) is 0 Å². The Morgan fingerprint density at radius 3 is 2.86 bits per heavy atom. The van der Waals surface area contributed by atoms with Crippen molar-refractivity contribution >= 4 is 17.2 Å². The number of rotatable bonds is 4. The predicted octanol–water partition coefficient (Wildman–Crippen LogP) is 3.99. The van der Waals surface area contributed by atoms with Crippen LogP contribution in [0.2, 0.25) is 0 Å². The number of ether oxygens (including phenoxy) is 1. The van der Waals surface area contributed by atoms with E-state index >= 15 is 0 Å². The smallest absolute Gasteiger partial charge is 0.263 e. The lowest BCUT2D eigenvalue weighted by Gasteiger charge is -2.32. The van der Waals surface area contributed by atoms with E-state index in [1.165, 1.54) is 16.9 Å². The van der Waals surface area contributed by atoms with E-state index < -0.39 is 0 Å². The van der Waals surface area contributed by atoms with Crippen LogP contribution < -0.4 is 4.74 Å². The topological polar surface area (TPSA) is 29.5 Å². The van der Waals surface area contributed by atoms with Crippen molar-refractivity contribution in [3.05, 3.63) is 52.2 Å². The number of amides is 1. The third-order valence-electron chi connectivity index (χ3n) is 4.04. The second-order valence-corrected chi connectivity index (χ2v) is 6.81. The predicted molar refractivity (Wildman–Crippen MR) is 89.6 cm³/mol. The van der Waals surface area contributed by atoms with Crippen LogP contribution >= 0.6 is 11.3 Å². The van der Waals surface area contributed by atoms with Crippen LogP contribution in [-0.2, 0) is 0 Å². The van der Waals surface area contributed by atoms with Crippen molar-refractivity contribution < 1.29 is 9.53 Å². The van der Waals surface area contributed by atoms with Gasteiger partial charge in [0.05, 0.1) is 11.5 Å². The highest BCUT2D eigenvalue weighted by molar-refractivity contribution is 7.12. The van der Waals surface area contributed by atoms with Crippen LogP contribution in [-0.4, -0.2) is 30.5 Å². The fraction of sp³-hybridized carbons (Fsp3) is 0.389. The first-order valence-corrected chi connectivity index (χ1v) is 8.62. The molecule has 1 aliphatic rings. The molecule has 3 nitrogen and oxygen atoms in total. The standard InChI is InChI=1S/C18H21NO2S/c1-14-6-8-16(9-7-14)21-13-15-4-2-10-19(12-15)18(20)17-5-3-11-22-17/h3,5-9,11,15H,2,4,10,12-13H2,1H3. The molecule has 1 aromatic heterocycles. The summed E-state index contributed by atoms with van der Waals surface area (Å²) in [5, 5.41) is 1.95. The van der Waals surface area contributed by atoms with Gasteiger partial charge in [-0.05, 0) is 43.3 Å². The minimum Gasteiger partial charge on any atom is -0.493 e. The molecule has 116 valence electrons. The van der Waals surface area contributed by atoms with E-state index in [2.05, 4.69) is 19.1 Å². The maximum Gasteiger partial charge on any atom is 0.263 e. The van der Waals surface area contributed by atoms with Crippen LogP contribution in [0.1, 0.15) is 28.1 Å². The molecule has 1 unspecified atom stereocenters. The van der Waals surface area contributed by atoms with Gasteiger partial charge in [-0.15, -0.1) is 11.3 Å². The Bertz CT molecular complexity index is 607. The van der Waals surface area contributed by atoms with E-state index in [0.717, 1.165) is 36.6 Å². The van der Waals surface area contributed by atoms with Gasteiger partial charge in [-0.1, -0.05) is 23.8 Å². The molecule has 3 rings (SSSR count). The summed E-state index contributed by atoms with van der Waals surface area (Å²) in [6.45, 7) is 4.40. The Morgan fingerprint density at radius 2 is 2.14 bits per heavy atom. The summed E-state index contributed by atoms with van der Waals surface area (Å²) in [4.78, 5) is 15.2. The highest BCUT2D eigenvalue weighted by atomic mass is 32.1. The summed E-state index contributed by atoms with van der Waals surface area (Å²) < 4.78 is 5.88. The Balaban J connectivity index is 1.54. The molecule has 1 fully saturated rings. The summed E-state index contributed by atoms with van der Waals surface area (Å²) in [7, 11) is 0. The lowest BCUT2D eigenvalue weighted by atomic mass is 9.99. The van der Waals surface area contributed by atoms with Gasteiger partial charge in [-0.25, -0.2) is 0 Å². The monoisotopic (exact) mass is 315 g/mol. The number of likely N-dealkylation sites (tertiary alicyclic amines) is 1. The Hall–Kier alpha value is -1.81. The molecule has 1 aromatic carbocycles. The van der Waals surface area contributed by atoms with Gasteiger partial charge in [0, 0.05) is 19.0 Å². The number of hydrogen-bond acceptors (Lipinski definition) is 3. The van der Waals surface area contributed by atoms with Gasteiger partial charge in [0.1, 0.15) is 5.75 Å². The van der Waals surface area contributed by atoms with E-state index in [1.54, 1.807) is 0 Å². The van der Waals surface area contributed by atoms with Crippen molar-refractivity contribution in [2.75, 3.05) is 19.7 Å². The van der Waals surface area contributed by atoms with Gasteiger partial charge in [0.2, 0.25) is 0 Å². The van der Waals surface area contributed by atoms with E-state index in [9.17, 15) is 4.79 Å². The SMILES string of the molecule is Cc1ccc(OCC2CCCN(C(=O)c3cccs3)C2)cc1. The second-order valence-electron chi connectivity index (χ2n) is 5.86. The largest absolute Gasteiger partial charge is 0.493 e. The molecule has 4 heteroatoms. The highest BCUT2D eigenvalue weighted by Gasteiger charge is 2.25. The quantitative estimate of drug-likeness (QED) is 0.854. The number of carbonyl (C=O) groups excluding carboxylic acids is 1. The molecule has 2 aromatic rings. The van der Waals surface area contributed by atoms with Crippen molar-refractivity contribution in [1.29, 1.82) is 0 Å². The van der Waals surface area contributed by atoms with Gasteiger partial charge in [0.15, 0.2) is 0 Å². The molecule has 1 aliphatic heterocycles. The first kappa shape index (κ1) is 15.1. The molecule has 22 heavy (non-hydrogen) atoms. The number of hydrogen-bond donors (Lipinski definition) is 0. The van der Waals surface area contributed by atoms with Gasteiger partial charge in [0.25, 0.3) is 5.91 Å². The molecule has 2 heterocycles. The van der Waals surface area contributed by atoms with E-state index in [-0.39, 0.29) is 5.91 Å². The van der Waals surface area contributed by atoms with E-state index in [1.807, 2.05) is 34.5 Å². The molecule has 0 N–H and O–H groups in total. The zero-order valence-electron chi connectivity index (χ0n) is 12.8. The van der Waals surface area contributed by atoms with Crippen LogP contribution in [0.5, 0.6) is 5.75 Å². The third-order valence-corrected chi connectivity index (χ3v) is 4.90. The summed E-state index contributed by atoms with van der Waals surface area (Å²) in [5.41, 5.74) is 1.23. The third kappa shape index (κ3) is 3.69. The van der Waals surface area contributed by atoms with E-state index in [4.69, 9.17) is 4.74 Å². The number of aryl methyl sites for hydroxylation is 1.